The Bertz CT molecular complexity index is 581. The number of carbonyl (C=O) groups is 1. The van der Waals surface area contributed by atoms with Crippen LogP contribution in [0.3, 0.4) is 0 Å². The minimum atomic E-state index is -0.780. The lowest BCUT2D eigenvalue weighted by Gasteiger charge is -2.12. The van der Waals surface area contributed by atoms with Crippen molar-refractivity contribution in [1.82, 2.24) is 10.1 Å². The van der Waals surface area contributed by atoms with Gasteiger partial charge < -0.3 is 9.63 Å². The Morgan fingerprint density at radius 1 is 1.23 bits per heavy atom. The number of unbranched alkanes of at least 4 members (excludes halogenated alkanes) is 2. The quantitative estimate of drug-likeness (QED) is 0.721. The van der Waals surface area contributed by atoms with Crippen molar-refractivity contribution < 1.29 is 14.4 Å². The minimum Gasteiger partial charge on any atom is -0.480 e. The summed E-state index contributed by atoms with van der Waals surface area (Å²) in [5, 5.41) is 12.8. The molecule has 1 heterocycles. The summed E-state index contributed by atoms with van der Waals surface area (Å²) in [6.07, 6.45) is 3.92. The first-order valence-electron chi connectivity index (χ1n) is 7.56. The molecular weight excluding hydrogens is 280 g/mol. The zero-order valence-electron chi connectivity index (χ0n) is 12.9. The maximum Gasteiger partial charge on any atom is 0.317 e. The molecular formula is C17H22N2O3. The first-order chi connectivity index (χ1) is 10.6. The third-order valence-electron chi connectivity index (χ3n) is 3.50. The molecule has 0 fully saturated rings. The van der Waals surface area contributed by atoms with Gasteiger partial charge in [0.2, 0.25) is 0 Å². The second-order valence-corrected chi connectivity index (χ2v) is 5.49. The second-order valence-electron chi connectivity index (χ2n) is 5.49. The largest absolute Gasteiger partial charge is 0.480 e. The van der Waals surface area contributed by atoms with Crippen LogP contribution in [0, 0.1) is 0 Å². The molecule has 5 heteroatoms. The van der Waals surface area contributed by atoms with Gasteiger partial charge in [-0.2, -0.15) is 0 Å². The van der Waals surface area contributed by atoms with E-state index in [9.17, 15) is 4.79 Å². The van der Waals surface area contributed by atoms with Gasteiger partial charge in [0.05, 0.1) is 6.54 Å². The molecule has 0 saturated carbocycles. The molecule has 0 amide bonds. The molecule has 2 aromatic rings. The number of aryl methyl sites for hydroxylation is 1. The highest BCUT2D eigenvalue weighted by Crippen LogP contribution is 2.19. The van der Waals surface area contributed by atoms with Crippen molar-refractivity contribution in [1.29, 1.82) is 0 Å². The summed E-state index contributed by atoms with van der Waals surface area (Å²) in [7, 11) is 1.83. The smallest absolute Gasteiger partial charge is 0.317 e. The summed E-state index contributed by atoms with van der Waals surface area (Å²) in [6, 6.07) is 12.0. The average Bonchev–Trinajstić information content (AvgIpc) is 2.96. The zero-order valence-corrected chi connectivity index (χ0v) is 12.9. The molecule has 0 spiro atoms. The van der Waals surface area contributed by atoms with Crippen LogP contribution < -0.4 is 0 Å². The summed E-state index contributed by atoms with van der Waals surface area (Å²) in [6.45, 7) is 0.903. The van der Waals surface area contributed by atoms with E-state index >= 15 is 0 Å². The lowest BCUT2D eigenvalue weighted by molar-refractivity contribution is -0.137. The standard InChI is InChI=1S/C17H22N2O3/c1-19(13-17(20)21)11-7-3-6-10-15-12-16(18-22-15)14-8-4-2-5-9-14/h2,4-5,8-9,12H,3,6-7,10-11,13H2,1H3,(H,20,21). The number of rotatable bonds is 9. The van der Waals surface area contributed by atoms with Gasteiger partial charge in [-0.1, -0.05) is 41.9 Å². The number of hydrogen-bond donors (Lipinski definition) is 1. The molecule has 2 rings (SSSR count). The summed E-state index contributed by atoms with van der Waals surface area (Å²) in [4.78, 5) is 12.4. The van der Waals surface area contributed by atoms with Gasteiger partial charge in [-0.3, -0.25) is 9.69 Å². The normalized spacial score (nSPS) is 11.0. The maximum atomic E-state index is 10.5. The highest BCUT2D eigenvalue weighted by atomic mass is 16.5. The second kappa shape index (κ2) is 8.34. The molecule has 0 saturated heterocycles. The van der Waals surface area contributed by atoms with Crippen molar-refractivity contribution in [2.24, 2.45) is 0 Å². The molecule has 0 unspecified atom stereocenters. The van der Waals surface area contributed by atoms with Gasteiger partial charge in [0.15, 0.2) is 0 Å². The van der Waals surface area contributed by atoms with Gasteiger partial charge in [-0.25, -0.2) is 0 Å². The first kappa shape index (κ1) is 16.2. The highest BCUT2D eigenvalue weighted by molar-refractivity contribution is 5.68. The van der Waals surface area contributed by atoms with Gasteiger partial charge >= 0.3 is 5.97 Å². The zero-order chi connectivity index (χ0) is 15.8. The molecule has 1 aromatic carbocycles. The van der Waals surface area contributed by atoms with Crippen LogP contribution in [0.4, 0.5) is 0 Å². The van der Waals surface area contributed by atoms with E-state index in [0.717, 1.165) is 49.2 Å². The maximum absolute atomic E-state index is 10.5. The number of aromatic nitrogens is 1. The van der Waals surface area contributed by atoms with Crippen molar-refractivity contribution in [3.63, 3.8) is 0 Å². The number of carboxylic acids is 1. The van der Waals surface area contributed by atoms with Crippen LogP contribution in [0.25, 0.3) is 11.3 Å². The Morgan fingerprint density at radius 2 is 2.00 bits per heavy atom. The number of likely N-dealkylation sites (N-methyl/N-ethyl adjacent to an activating group) is 1. The Labute approximate surface area is 130 Å². The van der Waals surface area contributed by atoms with E-state index in [0.29, 0.717) is 0 Å². The predicted octanol–water partition coefficient (Wildman–Crippen LogP) is 3.07. The Hall–Kier alpha value is -2.14. The van der Waals surface area contributed by atoms with Crippen molar-refractivity contribution >= 4 is 5.97 Å². The first-order valence-corrected chi connectivity index (χ1v) is 7.56. The van der Waals surface area contributed by atoms with E-state index in [4.69, 9.17) is 9.63 Å². The molecule has 0 atom stereocenters. The van der Waals surface area contributed by atoms with Crippen molar-refractivity contribution in [2.45, 2.75) is 25.7 Å². The minimum absolute atomic E-state index is 0.0997. The fourth-order valence-electron chi connectivity index (χ4n) is 2.34. The number of hydrogen-bond acceptors (Lipinski definition) is 4. The highest BCUT2D eigenvalue weighted by Gasteiger charge is 2.07. The van der Waals surface area contributed by atoms with Gasteiger partial charge in [0.25, 0.3) is 0 Å². The topological polar surface area (TPSA) is 66.6 Å². The third kappa shape index (κ3) is 5.33. The van der Waals surface area contributed by atoms with Crippen LogP contribution in [0.5, 0.6) is 0 Å². The SMILES string of the molecule is CN(CCCCCc1cc(-c2ccccc2)no1)CC(=O)O. The Kier molecular flexibility index (Phi) is 6.15. The molecule has 1 N–H and O–H groups in total. The average molecular weight is 302 g/mol. The van der Waals surface area contributed by atoms with Gasteiger partial charge in [0.1, 0.15) is 11.5 Å². The number of benzene rings is 1. The van der Waals surface area contributed by atoms with Gasteiger partial charge in [0, 0.05) is 18.1 Å². The van der Waals surface area contributed by atoms with E-state index in [1.807, 2.05) is 48.3 Å². The summed E-state index contributed by atoms with van der Waals surface area (Å²) in [5.41, 5.74) is 1.93. The van der Waals surface area contributed by atoms with Crippen molar-refractivity contribution in [2.75, 3.05) is 20.1 Å². The van der Waals surface area contributed by atoms with Crippen LogP contribution in [0.15, 0.2) is 40.9 Å². The number of aliphatic carboxylic acids is 1. The number of carboxylic acid groups (broad SMARTS) is 1. The van der Waals surface area contributed by atoms with Crippen LogP contribution in [-0.2, 0) is 11.2 Å². The molecule has 0 aliphatic heterocycles. The Morgan fingerprint density at radius 3 is 2.73 bits per heavy atom. The summed E-state index contributed by atoms with van der Waals surface area (Å²) >= 11 is 0. The lowest BCUT2D eigenvalue weighted by Crippen LogP contribution is -2.26. The third-order valence-corrected chi connectivity index (χ3v) is 3.50. The lowest BCUT2D eigenvalue weighted by atomic mass is 10.1. The van der Waals surface area contributed by atoms with E-state index in [2.05, 4.69) is 5.16 Å². The predicted molar refractivity (Wildman–Crippen MR) is 84.6 cm³/mol. The fourth-order valence-corrected chi connectivity index (χ4v) is 2.34. The van der Waals surface area contributed by atoms with Crippen LogP contribution in [0.1, 0.15) is 25.0 Å². The summed E-state index contributed by atoms with van der Waals surface area (Å²) < 4.78 is 5.36. The van der Waals surface area contributed by atoms with E-state index in [-0.39, 0.29) is 6.54 Å². The monoisotopic (exact) mass is 302 g/mol. The molecule has 0 aliphatic carbocycles. The van der Waals surface area contributed by atoms with E-state index in [1.54, 1.807) is 0 Å². The molecule has 118 valence electrons. The van der Waals surface area contributed by atoms with Gasteiger partial charge in [-0.05, 0) is 26.4 Å². The van der Waals surface area contributed by atoms with E-state index in [1.165, 1.54) is 0 Å². The van der Waals surface area contributed by atoms with Crippen LogP contribution >= 0.6 is 0 Å². The fraction of sp³-hybridized carbons (Fsp3) is 0.412. The van der Waals surface area contributed by atoms with E-state index < -0.39 is 5.97 Å². The Balaban J connectivity index is 1.68. The molecule has 0 aliphatic rings. The van der Waals surface area contributed by atoms with Crippen LogP contribution in [0.2, 0.25) is 0 Å². The molecule has 5 nitrogen and oxygen atoms in total. The van der Waals surface area contributed by atoms with Crippen molar-refractivity contribution in [3.8, 4) is 11.3 Å². The van der Waals surface area contributed by atoms with Gasteiger partial charge in [-0.15, -0.1) is 0 Å². The molecule has 0 bridgehead atoms. The summed E-state index contributed by atoms with van der Waals surface area (Å²) in [5.74, 6) is 0.121. The van der Waals surface area contributed by atoms with Crippen molar-refractivity contribution in [3.05, 3.63) is 42.2 Å². The molecule has 22 heavy (non-hydrogen) atoms. The number of nitrogens with zero attached hydrogens (tertiary/aromatic N) is 2. The molecule has 1 aromatic heterocycles. The molecule has 0 radical (unpaired) electrons. The van der Waals surface area contributed by atoms with Crippen LogP contribution in [-0.4, -0.2) is 41.3 Å².